The zero-order valence-corrected chi connectivity index (χ0v) is 17.8. The van der Waals surface area contributed by atoms with Crippen molar-refractivity contribution in [3.63, 3.8) is 0 Å². The first-order valence-electron chi connectivity index (χ1n) is 10.5. The Morgan fingerprint density at radius 3 is 1.53 bits per heavy atom. The Bertz CT molecular complexity index is 1600. The third kappa shape index (κ3) is 2.63. The summed E-state index contributed by atoms with van der Waals surface area (Å²) in [6, 6.07) is 28.7. The van der Waals surface area contributed by atoms with E-state index in [9.17, 15) is 0 Å². The second kappa shape index (κ2) is 7.20. The first-order chi connectivity index (χ1) is 15.8. The molecular weight excluding hydrogens is 396 g/mol. The lowest BCUT2D eigenvalue weighted by atomic mass is 9.90. The smallest absolute Gasteiger partial charge is 0.170 e. The number of rotatable bonds is 3. The van der Waals surface area contributed by atoms with Gasteiger partial charge in [-0.2, -0.15) is 0 Å². The molecule has 0 aliphatic rings. The van der Waals surface area contributed by atoms with E-state index in [0.717, 1.165) is 54.7 Å². The van der Waals surface area contributed by atoms with Crippen LogP contribution in [0.1, 0.15) is 0 Å². The van der Waals surface area contributed by atoms with E-state index in [2.05, 4.69) is 54.6 Å². The standard InChI is InChI=1S/C28H20N2O2/c1-31-24-16-15-23-27(28(24)32-2)26(19-11-5-8-14-22(19)30-23)25-17-9-3-6-12-20(17)29-21-13-7-4-10-18(21)25/h3-16H,1-2H3. The fourth-order valence-electron chi connectivity index (χ4n) is 4.67. The minimum absolute atomic E-state index is 0.681. The highest BCUT2D eigenvalue weighted by atomic mass is 16.5. The molecule has 0 atom stereocenters. The van der Waals surface area contributed by atoms with E-state index in [-0.39, 0.29) is 0 Å². The molecule has 4 heteroatoms. The van der Waals surface area contributed by atoms with E-state index in [4.69, 9.17) is 19.4 Å². The van der Waals surface area contributed by atoms with Gasteiger partial charge in [0, 0.05) is 27.3 Å². The maximum atomic E-state index is 5.90. The number of nitrogens with zero attached hydrogens (tertiary/aromatic N) is 2. The zero-order chi connectivity index (χ0) is 21.7. The lowest BCUT2D eigenvalue weighted by molar-refractivity contribution is 0.358. The highest BCUT2D eigenvalue weighted by molar-refractivity contribution is 6.22. The molecule has 0 saturated heterocycles. The molecule has 0 aliphatic heterocycles. The number of ether oxygens (including phenoxy) is 2. The van der Waals surface area contributed by atoms with E-state index in [1.165, 1.54) is 0 Å². The van der Waals surface area contributed by atoms with Crippen LogP contribution in [0.4, 0.5) is 0 Å². The minimum Gasteiger partial charge on any atom is -0.493 e. The van der Waals surface area contributed by atoms with Crippen LogP contribution < -0.4 is 9.47 Å². The summed E-state index contributed by atoms with van der Waals surface area (Å²) in [5, 5.41) is 4.18. The third-order valence-corrected chi connectivity index (χ3v) is 6.03. The Hall–Kier alpha value is -4.18. The van der Waals surface area contributed by atoms with Gasteiger partial charge in [-0.1, -0.05) is 54.6 Å². The lowest BCUT2D eigenvalue weighted by Gasteiger charge is -2.19. The second-order valence-corrected chi connectivity index (χ2v) is 7.72. The van der Waals surface area contributed by atoms with Gasteiger partial charge in [0.1, 0.15) is 0 Å². The van der Waals surface area contributed by atoms with Gasteiger partial charge in [-0.15, -0.1) is 0 Å². The Morgan fingerprint density at radius 1 is 0.500 bits per heavy atom. The van der Waals surface area contributed by atoms with Crippen LogP contribution in [0.2, 0.25) is 0 Å². The molecule has 0 saturated carbocycles. The summed E-state index contributed by atoms with van der Waals surface area (Å²) < 4.78 is 11.6. The molecular formula is C28H20N2O2. The molecule has 0 unspecified atom stereocenters. The average Bonchev–Trinajstić information content (AvgIpc) is 2.85. The van der Waals surface area contributed by atoms with Crippen molar-refractivity contribution in [1.29, 1.82) is 0 Å². The number of aromatic nitrogens is 2. The summed E-state index contributed by atoms with van der Waals surface area (Å²) in [6.45, 7) is 0. The molecule has 4 nitrogen and oxygen atoms in total. The van der Waals surface area contributed by atoms with Crippen LogP contribution in [-0.4, -0.2) is 24.2 Å². The van der Waals surface area contributed by atoms with Crippen LogP contribution in [0, 0.1) is 0 Å². The number of fused-ring (bicyclic) bond motifs is 4. The molecule has 0 amide bonds. The third-order valence-electron chi connectivity index (χ3n) is 6.03. The van der Waals surface area contributed by atoms with Gasteiger partial charge in [0.2, 0.25) is 0 Å². The SMILES string of the molecule is COc1ccc2nc3ccccc3c(-c3c4ccccc4nc4ccccc34)c2c1OC. The predicted octanol–water partition coefficient (Wildman–Crippen LogP) is 6.77. The van der Waals surface area contributed by atoms with E-state index in [0.29, 0.717) is 11.5 Å². The Morgan fingerprint density at radius 2 is 1.00 bits per heavy atom. The molecule has 154 valence electrons. The summed E-state index contributed by atoms with van der Waals surface area (Å²) in [6.07, 6.45) is 0. The van der Waals surface area contributed by atoms with Crippen LogP contribution in [0.3, 0.4) is 0 Å². The molecule has 4 aromatic carbocycles. The molecule has 0 spiro atoms. The molecule has 0 N–H and O–H groups in total. The van der Waals surface area contributed by atoms with Crippen molar-refractivity contribution in [1.82, 2.24) is 9.97 Å². The number of hydrogen-bond donors (Lipinski definition) is 0. The molecule has 0 bridgehead atoms. The van der Waals surface area contributed by atoms with Gasteiger partial charge in [0.15, 0.2) is 11.5 Å². The second-order valence-electron chi connectivity index (χ2n) is 7.72. The summed E-state index contributed by atoms with van der Waals surface area (Å²) in [5.74, 6) is 1.37. The average molecular weight is 416 g/mol. The largest absolute Gasteiger partial charge is 0.493 e. The minimum atomic E-state index is 0.681. The lowest BCUT2D eigenvalue weighted by Crippen LogP contribution is -1.97. The molecule has 6 aromatic rings. The predicted molar refractivity (Wildman–Crippen MR) is 131 cm³/mol. The van der Waals surface area contributed by atoms with Gasteiger partial charge in [-0.25, -0.2) is 9.97 Å². The van der Waals surface area contributed by atoms with Crippen LogP contribution in [0.5, 0.6) is 11.5 Å². The molecule has 32 heavy (non-hydrogen) atoms. The number of pyridine rings is 2. The van der Waals surface area contributed by atoms with Crippen molar-refractivity contribution in [2.45, 2.75) is 0 Å². The van der Waals surface area contributed by atoms with Gasteiger partial charge < -0.3 is 9.47 Å². The Labute approximate surface area is 185 Å². The molecule has 2 heterocycles. The van der Waals surface area contributed by atoms with E-state index >= 15 is 0 Å². The number of methoxy groups -OCH3 is 2. The van der Waals surface area contributed by atoms with Crippen molar-refractivity contribution in [2.24, 2.45) is 0 Å². The number of benzene rings is 4. The zero-order valence-electron chi connectivity index (χ0n) is 17.8. The van der Waals surface area contributed by atoms with Crippen LogP contribution >= 0.6 is 0 Å². The maximum Gasteiger partial charge on any atom is 0.170 e. The first kappa shape index (κ1) is 18.6. The Balaban J connectivity index is 1.95. The van der Waals surface area contributed by atoms with Crippen molar-refractivity contribution in [2.75, 3.05) is 14.2 Å². The Kier molecular flexibility index (Phi) is 4.18. The van der Waals surface area contributed by atoms with E-state index < -0.39 is 0 Å². The van der Waals surface area contributed by atoms with Gasteiger partial charge >= 0.3 is 0 Å². The molecule has 6 rings (SSSR count). The van der Waals surface area contributed by atoms with Crippen molar-refractivity contribution >= 4 is 43.6 Å². The van der Waals surface area contributed by atoms with Crippen LogP contribution in [0.25, 0.3) is 54.7 Å². The number of hydrogen-bond acceptors (Lipinski definition) is 4. The topological polar surface area (TPSA) is 44.2 Å². The van der Waals surface area contributed by atoms with Gasteiger partial charge in [-0.3, -0.25) is 0 Å². The quantitative estimate of drug-likeness (QED) is 0.299. The highest BCUT2D eigenvalue weighted by Gasteiger charge is 2.21. The van der Waals surface area contributed by atoms with Crippen LogP contribution in [0.15, 0.2) is 84.9 Å². The summed E-state index contributed by atoms with van der Waals surface area (Å²) >= 11 is 0. The monoisotopic (exact) mass is 416 g/mol. The molecule has 0 aliphatic carbocycles. The van der Waals surface area contributed by atoms with E-state index in [1.54, 1.807) is 14.2 Å². The fourth-order valence-corrected chi connectivity index (χ4v) is 4.67. The summed E-state index contributed by atoms with van der Waals surface area (Å²) in [7, 11) is 3.34. The first-order valence-corrected chi connectivity index (χ1v) is 10.5. The normalized spacial score (nSPS) is 11.4. The molecule has 0 fully saturated rings. The maximum absolute atomic E-state index is 5.90. The fraction of sp³-hybridized carbons (Fsp3) is 0.0714. The van der Waals surface area contributed by atoms with Gasteiger partial charge in [0.25, 0.3) is 0 Å². The van der Waals surface area contributed by atoms with Gasteiger partial charge in [-0.05, 0) is 30.3 Å². The molecule has 2 aromatic heterocycles. The van der Waals surface area contributed by atoms with Crippen molar-refractivity contribution in [3.05, 3.63) is 84.9 Å². The number of para-hydroxylation sites is 3. The summed E-state index contributed by atoms with van der Waals surface area (Å²) in [5.41, 5.74) is 5.92. The highest BCUT2D eigenvalue weighted by Crippen LogP contribution is 2.47. The van der Waals surface area contributed by atoms with Crippen molar-refractivity contribution in [3.8, 4) is 22.6 Å². The molecule has 0 radical (unpaired) electrons. The summed E-state index contributed by atoms with van der Waals surface area (Å²) in [4.78, 5) is 9.89. The van der Waals surface area contributed by atoms with Crippen molar-refractivity contribution < 1.29 is 9.47 Å². The van der Waals surface area contributed by atoms with Gasteiger partial charge in [0.05, 0.1) is 41.7 Å². The van der Waals surface area contributed by atoms with Crippen LogP contribution in [-0.2, 0) is 0 Å². The van der Waals surface area contributed by atoms with E-state index in [1.807, 2.05) is 30.3 Å².